The summed E-state index contributed by atoms with van der Waals surface area (Å²) in [5, 5.41) is 15.3. The number of nitro benzene ring substituents is 1. The Morgan fingerprint density at radius 1 is 1.00 bits per heavy atom. The minimum absolute atomic E-state index is 0.0403. The van der Waals surface area contributed by atoms with Crippen molar-refractivity contribution in [1.82, 2.24) is 10.0 Å². The molecule has 3 saturated heterocycles. The summed E-state index contributed by atoms with van der Waals surface area (Å²) in [6, 6.07) is 10.9. The van der Waals surface area contributed by atoms with Gasteiger partial charge in [-0.3, -0.25) is 19.7 Å². The normalized spacial score (nSPS) is 26.3. The molecule has 8 nitrogen and oxygen atoms in total. The highest BCUT2D eigenvalue weighted by molar-refractivity contribution is 9.10. The van der Waals surface area contributed by atoms with E-state index in [-0.39, 0.29) is 34.3 Å². The van der Waals surface area contributed by atoms with Crippen LogP contribution in [0.1, 0.15) is 18.0 Å². The molecule has 3 atom stereocenters. The molecule has 0 aliphatic carbocycles. The molecule has 10 heteroatoms. The molecule has 0 saturated carbocycles. The number of hydrazine groups is 1. The van der Waals surface area contributed by atoms with Crippen molar-refractivity contribution >= 4 is 50.7 Å². The van der Waals surface area contributed by atoms with Crippen LogP contribution in [0.25, 0.3) is 0 Å². The Morgan fingerprint density at radius 3 is 2.33 bits per heavy atom. The first-order valence-corrected chi connectivity index (χ1v) is 10.7. The number of nitro groups is 1. The Labute approximate surface area is 185 Å². The van der Waals surface area contributed by atoms with Gasteiger partial charge in [-0.15, -0.1) is 0 Å². The lowest BCUT2D eigenvalue weighted by Crippen LogP contribution is -2.44. The van der Waals surface area contributed by atoms with Crippen LogP contribution < -0.4 is 4.90 Å². The summed E-state index contributed by atoms with van der Waals surface area (Å²) in [6.45, 7) is 1.47. The van der Waals surface area contributed by atoms with Gasteiger partial charge < -0.3 is 0 Å². The summed E-state index contributed by atoms with van der Waals surface area (Å²) in [7, 11) is 0. The molecule has 30 heavy (non-hydrogen) atoms. The first-order chi connectivity index (χ1) is 14.4. The monoisotopic (exact) mass is 490 g/mol. The molecule has 0 radical (unpaired) electrons. The largest absolute Gasteiger partial charge is 0.289 e. The molecule has 2 amide bonds. The van der Waals surface area contributed by atoms with Gasteiger partial charge in [-0.25, -0.2) is 14.9 Å². The molecule has 3 fully saturated rings. The maximum absolute atomic E-state index is 13.5. The fraction of sp³-hybridized carbons (Fsp3) is 0.300. The number of hydrogen-bond acceptors (Lipinski definition) is 6. The van der Waals surface area contributed by atoms with Crippen LogP contribution in [0.3, 0.4) is 0 Å². The minimum atomic E-state index is -0.621. The molecule has 0 unspecified atom stereocenters. The zero-order chi connectivity index (χ0) is 21.2. The fourth-order valence-electron chi connectivity index (χ4n) is 4.81. The van der Waals surface area contributed by atoms with E-state index in [9.17, 15) is 19.7 Å². The fourth-order valence-corrected chi connectivity index (χ4v) is 5.26. The van der Waals surface area contributed by atoms with Gasteiger partial charge in [0.2, 0.25) is 5.91 Å². The van der Waals surface area contributed by atoms with E-state index in [1.807, 2.05) is 29.3 Å². The number of anilines is 1. The van der Waals surface area contributed by atoms with Crippen LogP contribution in [0.15, 0.2) is 46.9 Å². The van der Waals surface area contributed by atoms with Gasteiger partial charge in [-0.2, -0.15) is 0 Å². The van der Waals surface area contributed by atoms with Crippen molar-refractivity contribution in [3.05, 3.63) is 67.6 Å². The maximum atomic E-state index is 13.5. The van der Waals surface area contributed by atoms with Crippen LogP contribution in [0.2, 0.25) is 5.02 Å². The van der Waals surface area contributed by atoms with Gasteiger partial charge in [-0.05, 0) is 36.2 Å². The van der Waals surface area contributed by atoms with E-state index in [4.69, 9.17) is 11.6 Å². The average Bonchev–Trinajstić information content (AvgIpc) is 3.36. The summed E-state index contributed by atoms with van der Waals surface area (Å²) in [6.07, 6.45) is 0.907. The third kappa shape index (κ3) is 2.80. The summed E-state index contributed by atoms with van der Waals surface area (Å²) in [5.74, 6) is -1.27. The van der Waals surface area contributed by atoms with E-state index < -0.39 is 16.9 Å². The zero-order valence-electron chi connectivity index (χ0n) is 15.6. The molecule has 3 aliphatic rings. The zero-order valence-corrected chi connectivity index (χ0v) is 17.9. The van der Waals surface area contributed by atoms with E-state index in [0.717, 1.165) is 27.9 Å². The smallest absolute Gasteiger partial charge is 0.274 e. The van der Waals surface area contributed by atoms with Gasteiger partial charge in [0.1, 0.15) is 11.1 Å². The molecule has 0 spiro atoms. The van der Waals surface area contributed by atoms with Crippen LogP contribution in [0, 0.1) is 16.0 Å². The quantitative estimate of drug-likeness (QED) is 0.371. The highest BCUT2D eigenvalue weighted by atomic mass is 79.9. The first kappa shape index (κ1) is 19.6. The third-order valence-corrected chi connectivity index (χ3v) is 6.85. The molecule has 0 N–H and O–H groups in total. The maximum Gasteiger partial charge on any atom is 0.289 e. The molecule has 0 bridgehead atoms. The van der Waals surface area contributed by atoms with E-state index in [0.29, 0.717) is 6.54 Å². The van der Waals surface area contributed by atoms with Crippen LogP contribution in [0.5, 0.6) is 0 Å². The number of hydrogen-bond donors (Lipinski definition) is 0. The minimum Gasteiger partial charge on any atom is -0.274 e. The Balaban J connectivity index is 1.58. The Morgan fingerprint density at radius 2 is 1.67 bits per heavy atom. The third-order valence-electron chi connectivity index (χ3n) is 6.00. The standard InChI is InChI=1S/C20H16BrClN4O4/c21-12-4-2-11(3-5-12)17-16-18(24-9-1-8-23(17)24)20(28)25(19(16)27)13-6-7-14(22)15(10-13)26(29)30/h2-7,10,16-18H,1,8-9H2/t16-,17+,18-/m1/s1. The highest BCUT2D eigenvalue weighted by Gasteiger charge is 2.62. The molecule has 2 aromatic carbocycles. The van der Waals surface area contributed by atoms with Crippen molar-refractivity contribution < 1.29 is 14.5 Å². The van der Waals surface area contributed by atoms with E-state index in [1.54, 1.807) is 0 Å². The molecule has 5 rings (SSSR count). The van der Waals surface area contributed by atoms with Gasteiger partial charge in [-0.1, -0.05) is 39.7 Å². The average molecular weight is 492 g/mol. The molecule has 2 aromatic rings. The summed E-state index contributed by atoms with van der Waals surface area (Å²) < 4.78 is 0.933. The number of carbonyl (C=O) groups excluding carboxylic acids is 2. The van der Waals surface area contributed by atoms with Crippen molar-refractivity contribution in [2.45, 2.75) is 18.5 Å². The second-order valence-electron chi connectivity index (χ2n) is 7.55. The van der Waals surface area contributed by atoms with Crippen molar-refractivity contribution in [3.63, 3.8) is 0 Å². The summed E-state index contributed by atoms with van der Waals surface area (Å²) in [5.41, 5.74) is 0.803. The first-order valence-electron chi connectivity index (χ1n) is 9.49. The Bertz CT molecular complexity index is 1080. The summed E-state index contributed by atoms with van der Waals surface area (Å²) >= 11 is 9.34. The number of carbonyl (C=O) groups is 2. The van der Waals surface area contributed by atoms with Crippen LogP contribution >= 0.6 is 27.5 Å². The Kier molecular flexibility index (Phi) is 4.66. The molecular weight excluding hydrogens is 476 g/mol. The number of amides is 2. The number of rotatable bonds is 3. The van der Waals surface area contributed by atoms with E-state index >= 15 is 0 Å². The molecule has 3 heterocycles. The lowest BCUT2D eigenvalue weighted by atomic mass is 9.90. The molecule has 0 aromatic heterocycles. The van der Waals surface area contributed by atoms with Crippen LogP contribution in [-0.4, -0.2) is 45.9 Å². The molecular formula is C20H16BrClN4O4. The number of nitrogens with zero attached hydrogens (tertiary/aromatic N) is 4. The highest BCUT2D eigenvalue weighted by Crippen LogP contribution is 2.49. The van der Waals surface area contributed by atoms with Gasteiger partial charge in [0.15, 0.2) is 0 Å². The van der Waals surface area contributed by atoms with Gasteiger partial charge >= 0.3 is 0 Å². The second kappa shape index (κ2) is 7.12. The molecule has 154 valence electrons. The number of fused-ring (bicyclic) bond motifs is 3. The Hall–Kier alpha value is -2.33. The van der Waals surface area contributed by atoms with Gasteiger partial charge in [0.05, 0.1) is 22.6 Å². The number of halogens is 2. The number of imide groups is 1. The lowest BCUT2D eigenvalue weighted by Gasteiger charge is -2.29. The lowest BCUT2D eigenvalue weighted by molar-refractivity contribution is -0.384. The van der Waals surface area contributed by atoms with E-state index in [1.165, 1.54) is 18.2 Å². The van der Waals surface area contributed by atoms with Crippen molar-refractivity contribution in [1.29, 1.82) is 0 Å². The van der Waals surface area contributed by atoms with Crippen molar-refractivity contribution in [3.8, 4) is 0 Å². The van der Waals surface area contributed by atoms with Crippen molar-refractivity contribution in [2.24, 2.45) is 5.92 Å². The van der Waals surface area contributed by atoms with E-state index in [2.05, 4.69) is 20.9 Å². The number of benzene rings is 2. The van der Waals surface area contributed by atoms with Gasteiger partial charge in [0.25, 0.3) is 11.6 Å². The van der Waals surface area contributed by atoms with Crippen LogP contribution in [-0.2, 0) is 9.59 Å². The molecule has 3 aliphatic heterocycles. The van der Waals surface area contributed by atoms with Gasteiger partial charge in [0, 0.05) is 23.6 Å². The predicted molar refractivity (Wildman–Crippen MR) is 113 cm³/mol. The van der Waals surface area contributed by atoms with Crippen LogP contribution in [0.4, 0.5) is 11.4 Å². The SMILES string of the molecule is O=C1[C@H]2[C@H](C(=O)N1c1ccc(Cl)c([N+](=O)[O-])c1)N1CCCN1[C@H]2c1ccc(Br)cc1. The van der Waals surface area contributed by atoms with Crippen molar-refractivity contribution in [2.75, 3.05) is 18.0 Å². The summed E-state index contributed by atoms with van der Waals surface area (Å²) in [4.78, 5) is 38.6. The second-order valence-corrected chi connectivity index (χ2v) is 8.87. The predicted octanol–water partition coefficient (Wildman–Crippen LogP) is 3.55. The topological polar surface area (TPSA) is 87.0 Å².